The van der Waals surface area contributed by atoms with Gasteiger partial charge >= 0.3 is 0 Å². The lowest BCUT2D eigenvalue weighted by Gasteiger charge is -2.11. The lowest BCUT2D eigenvalue weighted by Crippen LogP contribution is -2.38. The van der Waals surface area contributed by atoms with E-state index < -0.39 is 11.8 Å². The van der Waals surface area contributed by atoms with Gasteiger partial charge in [0.25, 0.3) is 11.8 Å². The Hall–Kier alpha value is -3.32. The van der Waals surface area contributed by atoms with E-state index in [9.17, 15) is 9.59 Å². The van der Waals surface area contributed by atoms with Crippen LogP contribution in [0.25, 0.3) is 6.08 Å². The lowest BCUT2D eigenvalue weighted by atomic mass is 10.1. The van der Waals surface area contributed by atoms with Crippen LogP contribution in [0.1, 0.15) is 15.9 Å². The fraction of sp³-hybridized carbons (Fsp3) is 0.111. The van der Waals surface area contributed by atoms with E-state index in [-0.39, 0.29) is 5.70 Å². The average Bonchev–Trinajstić information content (AvgIpc) is 2.67. The Morgan fingerprint density at radius 1 is 1.04 bits per heavy atom. The average molecular weight is 341 g/mol. The number of nitrogens with one attached hydrogen (secondary N) is 2. The lowest BCUT2D eigenvalue weighted by molar-refractivity contribution is -0.117. The summed E-state index contributed by atoms with van der Waals surface area (Å²) in [6.07, 6.45) is 1.47. The van der Waals surface area contributed by atoms with Crippen LogP contribution in [-0.2, 0) is 4.79 Å². The number of hydrogen-bond donors (Lipinski definition) is 3. The maximum absolute atomic E-state index is 12.3. The van der Waals surface area contributed by atoms with Crippen LogP contribution < -0.4 is 26.1 Å². The number of benzene rings is 2. The Morgan fingerprint density at radius 3 is 2.36 bits per heavy atom. The molecule has 0 fully saturated rings. The highest BCUT2D eigenvalue weighted by atomic mass is 16.5. The molecule has 0 radical (unpaired) electrons. The molecule has 0 bridgehead atoms. The number of methoxy groups -OCH3 is 2. The minimum Gasteiger partial charge on any atom is -0.497 e. The molecule has 0 unspecified atom stereocenters. The summed E-state index contributed by atoms with van der Waals surface area (Å²) in [5.41, 5.74) is 3.00. The molecule has 0 saturated carbocycles. The molecule has 4 N–H and O–H groups in total. The zero-order valence-corrected chi connectivity index (χ0v) is 13.9. The molecule has 0 aromatic heterocycles. The van der Waals surface area contributed by atoms with Gasteiger partial charge in [-0.1, -0.05) is 18.2 Å². The van der Waals surface area contributed by atoms with Crippen LogP contribution in [0.15, 0.2) is 54.2 Å². The van der Waals surface area contributed by atoms with E-state index in [0.29, 0.717) is 22.6 Å². The van der Waals surface area contributed by atoms with Gasteiger partial charge in [-0.15, -0.1) is 0 Å². The van der Waals surface area contributed by atoms with Gasteiger partial charge in [-0.05, 0) is 30.3 Å². The predicted molar refractivity (Wildman–Crippen MR) is 93.8 cm³/mol. The third-order valence-corrected chi connectivity index (χ3v) is 3.40. The normalized spacial score (nSPS) is 10.8. The van der Waals surface area contributed by atoms with Crippen molar-refractivity contribution in [1.29, 1.82) is 0 Å². The van der Waals surface area contributed by atoms with Gasteiger partial charge in [0.2, 0.25) is 0 Å². The summed E-state index contributed by atoms with van der Waals surface area (Å²) in [6, 6.07) is 13.6. The number of hydrogen-bond acceptors (Lipinski definition) is 5. The van der Waals surface area contributed by atoms with E-state index in [4.69, 9.17) is 15.3 Å². The third kappa shape index (κ3) is 4.58. The van der Waals surface area contributed by atoms with Crippen LogP contribution in [0.4, 0.5) is 0 Å². The molecule has 130 valence electrons. The quantitative estimate of drug-likeness (QED) is 0.319. The first-order valence-corrected chi connectivity index (χ1v) is 7.40. The van der Waals surface area contributed by atoms with Crippen molar-refractivity contribution in [2.45, 2.75) is 0 Å². The highest BCUT2D eigenvalue weighted by Gasteiger charge is 2.15. The first kappa shape index (κ1) is 18.0. The molecular weight excluding hydrogens is 322 g/mol. The van der Waals surface area contributed by atoms with Crippen LogP contribution in [0.2, 0.25) is 0 Å². The summed E-state index contributed by atoms with van der Waals surface area (Å²) in [5.74, 6) is 5.24. The number of amides is 2. The summed E-state index contributed by atoms with van der Waals surface area (Å²) in [6.45, 7) is 0. The van der Waals surface area contributed by atoms with Crippen molar-refractivity contribution in [3.63, 3.8) is 0 Å². The Balaban J connectivity index is 2.36. The zero-order valence-electron chi connectivity index (χ0n) is 13.9. The Labute approximate surface area is 145 Å². The van der Waals surface area contributed by atoms with E-state index in [1.807, 2.05) is 5.43 Å². The molecule has 2 aromatic rings. The van der Waals surface area contributed by atoms with E-state index >= 15 is 0 Å². The Morgan fingerprint density at radius 2 is 1.76 bits per heavy atom. The number of nitrogens with two attached hydrogens (primary N) is 1. The van der Waals surface area contributed by atoms with Gasteiger partial charge in [-0.2, -0.15) is 0 Å². The highest BCUT2D eigenvalue weighted by molar-refractivity contribution is 6.05. The molecule has 0 aliphatic carbocycles. The second-order valence-electron chi connectivity index (χ2n) is 4.96. The first-order valence-electron chi connectivity index (χ1n) is 7.40. The van der Waals surface area contributed by atoms with Crippen LogP contribution in [0.3, 0.4) is 0 Å². The van der Waals surface area contributed by atoms with Crippen LogP contribution in [0.5, 0.6) is 11.5 Å². The van der Waals surface area contributed by atoms with Gasteiger partial charge in [-0.25, -0.2) is 5.84 Å². The van der Waals surface area contributed by atoms with E-state index in [2.05, 4.69) is 5.32 Å². The molecule has 0 atom stereocenters. The molecule has 0 heterocycles. The van der Waals surface area contributed by atoms with Gasteiger partial charge in [-0.3, -0.25) is 15.0 Å². The largest absolute Gasteiger partial charge is 0.497 e. The fourth-order valence-corrected chi connectivity index (χ4v) is 2.11. The second-order valence-corrected chi connectivity index (χ2v) is 4.96. The maximum Gasteiger partial charge on any atom is 0.281 e. The van der Waals surface area contributed by atoms with Crippen molar-refractivity contribution in [2.24, 2.45) is 5.84 Å². The van der Waals surface area contributed by atoms with Crippen LogP contribution in [-0.4, -0.2) is 26.0 Å². The number of carbonyl (C=O) groups excluding carboxylic acids is 2. The molecule has 0 spiro atoms. The summed E-state index contributed by atoms with van der Waals surface area (Å²) in [5, 5.41) is 2.56. The minimum absolute atomic E-state index is 0.0141. The molecule has 7 heteroatoms. The van der Waals surface area contributed by atoms with Crippen LogP contribution >= 0.6 is 0 Å². The van der Waals surface area contributed by atoms with Crippen molar-refractivity contribution >= 4 is 17.9 Å². The Kier molecular flexibility index (Phi) is 6.14. The molecular formula is C18H19N3O4. The topological polar surface area (TPSA) is 103 Å². The predicted octanol–water partition coefficient (Wildman–Crippen LogP) is 1.46. The standard InChI is InChI=1S/C18H19N3O4/c1-24-14-9-8-13(16(11-14)25-2)10-15(18(23)21-19)20-17(22)12-6-4-3-5-7-12/h3-11H,19H2,1-2H3,(H,20,22)(H,21,23)/b15-10+. The van der Waals surface area contributed by atoms with Gasteiger partial charge < -0.3 is 14.8 Å². The number of carbonyl (C=O) groups is 2. The van der Waals surface area contributed by atoms with Crippen molar-refractivity contribution in [3.8, 4) is 11.5 Å². The summed E-state index contributed by atoms with van der Waals surface area (Å²) < 4.78 is 10.4. The Bertz CT molecular complexity index is 788. The third-order valence-electron chi connectivity index (χ3n) is 3.40. The van der Waals surface area contributed by atoms with Crippen molar-refractivity contribution in [1.82, 2.24) is 10.7 Å². The molecule has 7 nitrogen and oxygen atoms in total. The minimum atomic E-state index is -0.637. The maximum atomic E-state index is 12.3. The summed E-state index contributed by atoms with van der Waals surface area (Å²) in [7, 11) is 3.04. The molecule has 2 amide bonds. The van der Waals surface area contributed by atoms with Crippen molar-refractivity contribution < 1.29 is 19.1 Å². The first-order chi connectivity index (χ1) is 12.1. The van der Waals surface area contributed by atoms with E-state index in [1.54, 1.807) is 48.5 Å². The van der Waals surface area contributed by atoms with Gasteiger partial charge in [0.05, 0.1) is 14.2 Å². The van der Waals surface area contributed by atoms with Gasteiger partial charge in [0.15, 0.2) is 0 Å². The smallest absolute Gasteiger partial charge is 0.281 e. The molecule has 0 aliphatic rings. The monoisotopic (exact) mass is 341 g/mol. The highest BCUT2D eigenvalue weighted by Crippen LogP contribution is 2.26. The molecule has 2 aromatic carbocycles. The SMILES string of the molecule is COc1ccc(/C=C(/NC(=O)c2ccccc2)C(=O)NN)c(OC)c1. The van der Waals surface area contributed by atoms with E-state index in [0.717, 1.165) is 0 Å². The summed E-state index contributed by atoms with van der Waals surface area (Å²) in [4.78, 5) is 24.3. The second kappa shape index (κ2) is 8.51. The number of ether oxygens (including phenoxy) is 2. The molecule has 25 heavy (non-hydrogen) atoms. The van der Waals surface area contributed by atoms with Crippen molar-refractivity contribution in [3.05, 3.63) is 65.4 Å². The number of hydrazine groups is 1. The van der Waals surface area contributed by atoms with Gasteiger partial charge in [0, 0.05) is 17.2 Å². The summed E-state index contributed by atoms with van der Waals surface area (Å²) >= 11 is 0. The fourth-order valence-electron chi connectivity index (χ4n) is 2.11. The van der Waals surface area contributed by atoms with Crippen LogP contribution in [0, 0.1) is 0 Å². The molecule has 2 rings (SSSR count). The van der Waals surface area contributed by atoms with E-state index in [1.165, 1.54) is 20.3 Å². The zero-order chi connectivity index (χ0) is 18.2. The van der Waals surface area contributed by atoms with Crippen molar-refractivity contribution in [2.75, 3.05) is 14.2 Å². The number of rotatable bonds is 6. The van der Waals surface area contributed by atoms with Gasteiger partial charge in [0.1, 0.15) is 17.2 Å². The molecule has 0 saturated heterocycles. The molecule has 0 aliphatic heterocycles.